The quantitative estimate of drug-likeness (QED) is 0.774. The number of aromatic amines is 1. The maximum Gasteiger partial charge on any atom is 0.409 e. The van der Waals surface area contributed by atoms with Crippen LogP contribution in [0, 0.1) is 0 Å². The van der Waals surface area contributed by atoms with E-state index in [9.17, 15) is 14.4 Å². The number of ether oxygens (including phenoxy) is 1. The summed E-state index contributed by atoms with van der Waals surface area (Å²) in [6.07, 6.45) is 1.76. The van der Waals surface area contributed by atoms with Crippen molar-refractivity contribution in [3.8, 4) is 11.5 Å². The highest BCUT2D eigenvalue weighted by molar-refractivity contribution is 5.94. The van der Waals surface area contributed by atoms with Crippen molar-refractivity contribution >= 4 is 12.0 Å². The van der Waals surface area contributed by atoms with Gasteiger partial charge in [-0.15, -0.1) is 0 Å². The Kier molecular flexibility index (Phi) is 4.64. The molecule has 0 atom stereocenters. The monoisotopic (exact) mass is 331 g/mol. The molecule has 0 spiro atoms. The van der Waals surface area contributed by atoms with E-state index in [-0.39, 0.29) is 11.7 Å². The minimum Gasteiger partial charge on any atom is -0.463 e. The van der Waals surface area contributed by atoms with Crippen LogP contribution in [0.15, 0.2) is 39.7 Å². The summed E-state index contributed by atoms with van der Waals surface area (Å²) >= 11 is 0. The van der Waals surface area contributed by atoms with Crippen LogP contribution in [0.4, 0.5) is 4.79 Å². The Morgan fingerprint density at radius 3 is 2.83 bits per heavy atom. The van der Waals surface area contributed by atoms with Crippen molar-refractivity contribution in [2.75, 3.05) is 26.2 Å². The lowest BCUT2D eigenvalue weighted by Crippen LogP contribution is -2.33. The van der Waals surface area contributed by atoms with Crippen LogP contribution in [0.5, 0.6) is 0 Å². The fourth-order valence-electron chi connectivity index (χ4n) is 2.42. The van der Waals surface area contributed by atoms with Gasteiger partial charge in [0.1, 0.15) is 17.9 Å². The Bertz CT molecular complexity index is 781. The van der Waals surface area contributed by atoms with Gasteiger partial charge in [-0.3, -0.25) is 9.59 Å². The minimum absolute atomic E-state index is 0.0332. The zero-order valence-electron chi connectivity index (χ0n) is 12.9. The standard InChI is InChI=1S/C16H17N3O5/c20-14(17-6-2-7-19-8-10-24-16(19)22)11-4-5-12(18-15(11)21)13-3-1-9-23-13/h1,3-5,9H,2,6-8,10H2,(H,17,20)(H,18,21). The highest BCUT2D eigenvalue weighted by atomic mass is 16.6. The van der Waals surface area contributed by atoms with Gasteiger partial charge in [0.05, 0.1) is 18.5 Å². The SMILES string of the molecule is O=C(NCCCN1CCOC1=O)c1ccc(-c2ccco2)[nH]c1=O. The molecule has 126 valence electrons. The lowest BCUT2D eigenvalue weighted by Gasteiger charge is -2.12. The number of carbonyl (C=O) groups excluding carboxylic acids is 2. The van der Waals surface area contributed by atoms with E-state index in [2.05, 4.69) is 10.3 Å². The van der Waals surface area contributed by atoms with Crippen LogP contribution in [0.1, 0.15) is 16.8 Å². The summed E-state index contributed by atoms with van der Waals surface area (Å²) in [4.78, 5) is 39.6. The van der Waals surface area contributed by atoms with Crippen LogP contribution in [0.3, 0.4) is 0 Å². The van der Waals surface area contributed by atoms with Gasteiger partial charge in [0, 0.05) is 13.1 Å². The van der Waals surface area contributed by atoms with Crippen LogP contribution < -0.4 is 10.9 Å². The Balaban J connectivity index is 1.53. The zero-order chi connectivity index (χ0) is 16.9. The second kappa shape index (κ2) is 7.03. The first-order valence-electron chi connectivity index (χ1n) is 7.62. The number of hydrogen-bond acceptors (Lipinski definition) is 5. The molecule has 2 aromatic heterocycles. The number of carbonyl (C=O) groups is 2. The van der Waals surface area contributed by atoms with Gasteiger partial charge < -0.3 is 24.4 Å². The fourth-order valence-corrected chi connectivity index (χ4v) is 2.42. The number of pyridine rings is 1. The van der Waals surface area contributed by atoms with Crippen molar-refractivity contribution in [2.45, 2.75) is 6.42 Å². The van der Waals surface area contributed by atoms with Crippen LogP contribution >= 0.6 is 0 Å². The smallest absolute Gasteiger partial charge is 0.409 e. The predicted octanol–water partition coefficient (Wildman–Crippen LogP) is 1.21. The van der Waals surface area contributed by atoms with Crippen LogP contribution in [0.2, 0.25) is 0 Å². The van der Waals surface area contributed by atoms with Gasteiger partial charge in [0.15, 0.2) is 0 Å². The number of hydrogen-bond donors (Lipinski definition) is 2. The Morgan fingerprint density at radius 1 is 1.29 bits per heavy atom. The molecule has 0 unspecified atom stereocenters. The molecular weight excluding hydrogens is 314 g/mol. The number of amides is 2. The number of furan rings is 1. The van der Waals surface area contributed by atoms with Gasteiger partial charge in [-0.05, 0) is 30.7 Å². The lowest BCUT2D eigenvalue weighted by molar-refractivity contribution is 0.0951. The van der Waals surface area contributed by atoms with Gasteiger partial charge in [-0.2, -0.15) is 0 Å². The largest absolute Gasteiger partial charge is 0.463 e. The topological polar surface area (TPSA) is 105 Å². The van der Waals surface area contributed by atoms with Crippen molar-refractivity contribution < 1.29 is 18.7 Å². The van der Waals surface area contributed by atoms with E-state index < -0.39 is 11.5 Å². The van der Waals surface area contributed by atoms with Gasteiger partial charge in [-0.1, -0.05) is 0 Å². The van der Waals surface area contributed by atoms with Crippen LogP contribution in [-0.4, -0.2) is 48.1 Å². The number of H-pyrrole nitrogens is 1. The molecule has 0 radical (unpaired) electrons. The summed E-state index contributed by atoms with van der Waals surface area (Å²) in [6.45, 7) is 1.85. The molecule has 0 aliphatic carbocycles. The average molecular weight is 331 g/mol. The molecule has 3 rings (SSSR count). The third-order valence-electron chi connectivity index (χ3n) is 3.68. The highest BCUT2D eigenvalue weighted by Crippen LogP contribution is 2.15. The van der Waals surface area contributed by atoms with Crippen LogP contribution in [-0.2, 0) is 4.74 Å². The number of rotatable bonds is 6. The van der Waals surface area contributed by atoms with Gasteiger partial charge in [0.2, 0.25) is 0 Å². The maximum atomic E-state index is 12.1. The molecule has 24 heavy (non-hydrogen) atoms. The fraction of sp³-hybridized carbons (Fsp3) is 0.312. The summed E-state index contributed by atoms with van der Waals surface area (Å²) in [7, 11) is 0. The molecule has 8 nitrogen and oxygen atoms in total. The van der Waals surface area contributed by atoms with E-state index in [1.807, 2.05) is 0 Å². The molecular formula is C16H17N3O5. The molecule has 1 fully saturated rings. The molecule has 2 aromatic rings. The first kappa shape index (κ1) is 15.9. The summed E-state index contributed by atoms with van der Waals surface area (Å²) in [5.74, 6) is 0.0720. The van der Waals surface area contributed by atoms with E-state index >= 15 is 0 Å². The Morgan fingerprint density at radius 2 is 2.17 bits per heavy atom. The molecule has 2 N–H and O–H groups in total. The van der Waals surface area contributed by atoms with E-state index in [1.54, 1.807) is 23.1 Å². The summed E-state index contributed by atoms with van der Waals surface area (Å²) in [6, 6.07) is 6.51. The third-order valence-corrected chi connectivity index (χ3v) is 3.68. The zero-order valence-corrected chi connectivity index (χ0v) is 12.9. The molecule has 2 amide bonds. The molecule has 0 aromatic carbocycles. The second-order valence-electron chi connectivity index (χ2n) is 5.30. The molecule has 1 saturated heterocycles. The van der Waals surface area contributed by atoms with E-state index in [0.29, 0.717) is 44.1 Å². The molecule has 1 aliphatic rings. The van der Waals surface area contributed by atoms with Crippen molar-refractivity contribution in [3.63, 3.8) is 0 Å². The maximum absolute atomic E-state index is 12.1. The third kappa shape index (κ3) is 3.48. The van der Waals surface area contributed by atoms with Crippen molar-refractivity contribution in [2.24, 2.45) is 0 Å². The second-order valence-corrected chi connectivity index (χ2v) is 5.30. The van der Waals surface area contributed by atoms with E-state index in [1.165, 1.54) is 12.3 Å². The molecule has 0 saturated carbocycles. The first-order chi connectivity index (χ1) is 11.6. The van der Waals surface area contributed by atoms with E-state index in [4.69, 9.17) is 9.15 Å². The predicted molar refractivity (Wildman–Crippen MR) is 84.6 cm³/mol. The minimum atomic E-state index is -0.482. The number of cyclic esters (lactones) is 1. The molecule has 8 heteroatoms. The Hall–Kier alpha value is -3.03. The normalized spacial score (nSPS) is 13.8. The highest BCUT2D eigenvalue weighted by Gasteiger charge is 2.21. The molecule has 0 bridgehead atoms. The van der Waals surface area contributed by atoms with E-state index in [0.717, 1.165) is 0 Å². The van der Waals surface area contributed by atoms with Gasteiger partial charge >= 0.3 is 6.09 Å². The molecule has 1 aliphatic heterocycles. The number of nitrogens with zero attached hydrogens (tertiary/aromatic N) is 1. The van der Waals surface area contributed by atoms with Gasteiger partial charge in [-0.25, -0.2) is 4.79 Å². The van der Waals surface area contributed by atoms with Crippen molar-refractivity contribution in [3.05, 3.63) is 46.4 Å². The average Bonchev–Trinajstić information content (AvgIpc) is 3.23. The van der Waals surface area contributed by atoms with Crippen molar-refractivity contribution in [1.29, 1.82) is 0 Å². The van der Waals surface area contributed by atoms with Crippen LogP contribution in [0.25, 0.3) is 11.5 Å². The first-order valence-corrected chi connectivity index (χ1v) is 7.62. The lowest BCUT2D eigenvalue weighted by atomic mass is 10.2. The number of aromatic nitrogens is 1. The summed E-state index contributed by atoms with van der Waals surface area (Å²) in [5.41, 5.74) is 0.0597. The summed E-state index contributed by atoms with van der Waals surface area (Å²) < 4.78 is 10.0. The summed E-state index contributed by atoms with van der Waals surface area (Å²) in [5, 5.41) is 2.67. The van der Waals surface area contributed by atoms with Gasteiger partial charge in [0.25, 0.3) is 11.5 Å². The Labute approximate surface area is 137 Å². The van der Waals surface area contributed by atoms with Crippen molar-refractivity contribution in [1.82, 2.24) is 15.2 Å². The molecule has 3 heterocycles. The number of nitrogens with one attached hydrogen (secondary N) is 2.